The summed E-state index contributed by atoms with van der Waals surface area (Å²) < 4.78 is 6.88. The number of hydrogen-bond acceptors (Lipinski definition) is 8. The number of rotatable bonds is 13. The van der Waals surface area contributed by atoms with Gasteiger partial charge in [-0.05, 0) is 145 Å². The summed E-state index contributed by atoms with van der Waals surface area (Å²) in [6.45, 7) is 2.27. The first-order chi connectivity index (χ1) is 47.3. The summed E-state index contributed by atoms with van der Waals surface area (Å²) in [6, 6.07) is 83.5. The van der Waals surface area contributed by atoms with Gasteiger partial charge in [-0.3, -0.25) is 0 Å². The maximum Gasteiger partial charge on any atom is 0.140 e. The average Bonchev–Trinajstić information content (AvgIpc) is 1.56. The van der Waals surface area contributed by atoms with Crippen LogP contribution in [0.25, 0.3) is 164 Å². The zero-order chi connectivity index (χ0) is 64.0. The van der Waals surface area contributed by atoms with Crippen LogP contribution in [0.1, 0.15) is 29.3 Å². The zero-order valence-corrected chi connectivity index (χ0v) is 55.3. The summed E-state index contributed by atoms with van der Waals surface area (Å²) in [5.41, 5.74) is 26.0. The highest BCUT2D eigenvalue weighted by Gasteiger charge is 2.31. The zero-order valence-electron chi connectivity index (χ0n) is 52.9. The Morgan fingerprint density at radius 3 is 1.32 bits per heavy atom. The minimum atomic E-state index is 0.517. The largest absolute Gasteiger partial charge is 0.327 e. The van der Waals surface area contributed by atoms with E-state index in [1.807, 2.05) is 18.6 Å². The number of thiazole rings is 3. The molecular formula is C85H60N8S3. The van der Waals surface area contributed by atoms with Crippen LogP contribution in [-0.4, -0.2) is 38.6 Å². The van der Waals surface area contributed by atoms with Gasteiger partial charge in [0.05, 0.1) is 49.4 Å². The van der Waals surface area contributed by atoms with Gasteiger partial charge >= 0.3 is 0 Å². The summed E-state index contributed by atoms with van der Waals surface area (Å²) in [5, 5.41) is 5.25. The number of imidazole rings is 2. The first-order valence-corrected chi connectivity index (χ1v) is 34.9. The van der Waals surface area contributed by atoms with Crippen LogP contribution in [0.4, 0.5) is 0 Å². The molecule has 0 bridgehead atoms. The van der Waals surface area contributed by atoms with Crippen LogP contribution in [0.15, 0.2) is 280 Å². The molecule has 0 radical (unpaired) electrons. The van der Waals surface area contributed by atoms with E-state index in [0.717, 1.165) is 154 Å². The van der Waals surface area contributed by atoms with Crippen molar-refractivity contribution in [1.29, 1.82) is 0 Å². The Bertz CT molecular complexity index is 5580. The van der Waals surface area contributed by atoms with Crippen molar-refractivity contribution in [2.24, 2.45) is 20.0 Å². The normalized spacial score (nSPS) is 13.4. The van der Waals surface area contributed by atoms with Gasteiger partial charge in [0.2, 0.25) is 0 Å². The van der Waals surface area contributed by atoms with Gasteiger partial charge in [-0.25, -0.2) is 24.9 Å². The highest BCUT2D eigenvalue weighted by atomic mass is 32.1. The van der Waals surface area contributed by atoms with Crippen LogP contribution in [0.5, 0.6) is 0 Å². The first-order valence-electron chi connectivity index (χ1n) is 32.5. The van der Waals surface area contributed by atoms with Crippen LogP contribution in [0.3, 0.4) is 0 Å². The molecular weight excluding hydrogens is 1230 g/mol. The molecule has 458 valence electrons. The van der Waals surface area contributed by atoms with Crippen LogP contribution in [-0.2, 0) is 20.5 Å². The molecule has 1 unspecified atom stereocenters. The fraction of sp³-hybridized carbons (Fsp3) is 0.0706. The highest BCUT2D eigenvalue weighted by Crippen LogP contribution is 2.52. The summed E-state index contributed by atoms with van der Waals surface area (Å²) >= 11 is 5.27. The quantitative estimate of drug-likeness (QED) is 0.115. The van der Waals surface area contributed by atoms with E-state index in [0.29, 0.717) is 12.3 Å². The molecule has 2 aliphatic carbocycles. The molecule has 0 saturated heterocycles. The van der Waals surface area contributed by atoms with Gasteiger partial charge in [0.25, 0.3) is 0 Å². The fourth-order valence-electron chi connectivity index (χ4n) is 14.2. The van der Waals surface area contributed by atoms with Crippen LogP contribution >= 0.6 is 34.0 Å². The number of aromatic nitrogens is 8. The smallest absolute Gasteiger partial charge is 0.140 e. The lowest BCUT2D eigenvalue weighted by Gasteiger charge is -2.15. The molecule has 1 atom stereocenters. The molecule has 18 rings (SSSR count). The van der Waals surface area contributed by atoms with E-state index >= 15 is 0 Å². The molecule has 6 aromatic heterocycles. The van der Waals surface area contributed by atoms with Crippen molar-refractivity contribution in [3.8, 4) is 137 Å². The molecule has 10 aromatic carbocycles. The third-order valence-corrected chi connectivity index (χ3v) is 22.4. The predicted octanol–water partition coefficient (Wildman–Crippen LogP) is 22.5. The monoisotopic (exact) mass is 1290 g/mol. The standard InChI is InChI=1S/C85H60N8S3/c1-52-30-32-57(33-31-52)80-51-89-84(96-80)72-43-64(83-88-49-78(94-83)55-22-12-6-13-23-55)42-66-67-44-65(45-73(69(67)46-68(66)72)85-90-50-79(95-85)56-24-14-7-15-25-56)93-74-36-34-60(58-26-16-28-62(38-58)81-86-47-76(91(81)2)53-18-8-4-9-19-53)40-70(74)71-41-61(35-37-75(71)93)59-27-17-29-63(39-59)82-87-48-77(92(82)3)54-20-10-5-11-21-54/h4-30,32-45,47-52H,31,46H2,1-3H3. The van der Waals surface area contributed by atoms with E-state index < -0.39 is 0 Å². The van der Waals surface area contributed by atoms with Gasteiger partial charge in [0, 0.05) is 83.4 Å². The number of benzene rings is 10. The topological polar surface area (TPSA) is 79.2 Å². The Labute approximate surface area is 568 Å². The number of hydrogen-bond donors (Lipinski definition) is 0. The second-order valence-electron chi connectivity index (χ2n) is 25.0. The Balaban J connectivity index is 0.838. The number of nitrogens with zero attached hydrogens (tertiary/aromatic N) is 8. The maximum atomic E-state index is 5.35. The predicted molar refractivity (Wildman–Crippen MR) is 400 cm³/mol. The van der Waals surface area contributed by atoms with Crippen LogP contribution < -0.4 is 0 Å². The van der Waals surface area contributed by atoms with E-state index in [1.54, 1.807) is 34.0 Å². The lowest BCUT2D eigenvalue weighted by molar-refractivity contribution is 0.739. The molecule has 0 N–H and O–H groups in total. The van der Waals surface area contributed by atoms with Crippen molar-refractivity contribution in [1.82, 2.24) is 38.6 Å². The Hall–Kier alpha value is -11.2. The summed E-state index contributed by atoms with van der Waals surface area (Å²) in [6.07, 6.45) is 18.8. The van der Waals surface area contributed by atoms with Crippen LogP contribution in [0, 0.1) is 5.92 Å². The molecule has 0 amide bonds. The van der Waals surface area contributed by atoms with E-state index in [-0.39, 0.29) is 0 Å². The molecule has 6 heterocycles. The molecule has 16 aromatic rings. The van der Waals surface area contributed by atoms with Gasteiger partial charge in [-0.15, -0.1) is 34.0 Å². The van der Waals surface area contributed by atoms with Gasteiger partial charge in [-0.2, -0.15) is 0 Å². The molecule has 8 nitrogen and oxygen atoms in total. The van der Waals surface area contributed by atoms with E-state index in [1.165, 1.54) is 32.7 Å². The van der Waals surface area contributed by atoms with Crippen molar-refractivity contribution in [3.63, 3.8) is 0 Å². The molecule has 11 heteroatoms. The maximum absolute atomic E-state index is 5.35. The molecule has 0 aliphatic heterocycles. The van der Waals surface area contributed by atoms with Gasteiger partial charge in [0.15, 0.2) is 0 Å². The van der Waals surface area contributed by atoms with Crippen molar-refractivity contribution < 1.29 is 0 Å². The van der Waals surface area contributed by atoms with Gasteiger partial charge < -0.3 is 13.7 Å². The highest BCUT2D eigenvalue weighted by molar-refractivity contribution is 7.18. The Morgan fingerprint density at radius 1 is 0.365 bits per heavy atom. The second kappa shape index (κ2) is 23.7. The third-order valence-electron chi connectivity index (χ3n) is 19.1. The van der Waals surface area contributed by atoms with Gasteiger partial charge in [-0.1, -0.05) is 195 Å². The molecule has 0 fully saturated rings. The second-order valence-corrected chi connectivity index (χ2v) is 28.1. The lowest BCUT2D eigenvalue weighted by atomic mass is 9.97. The molecule has 96 heavy (non-hydrogen) atoms. The minimum absolute atomic E-state index is 0.517. The van der Waals surface area contributed by atoms with Crippen molar-refractivity contribution in [2.75, 3.05) is 0 Å². The molecule has 2 aliphatic rings. The van der Waals surface area contributed by atoms with Crippen LogP contribution in [0.2, 0.25) is 0 Å². The van der Waals surface area contributed by atoms with E-state index in [9.17, 15) is 0 Å². The van der Waals surface area contributed by atoms with Crippen molar-refractivity contribution >= 4 is 61.4 Å². The number of allylic oxidation sites excluding steroid dienone is 4. The Morgan fingerprint density at radius 2 is 0.792 bits per heavy atom. The third kappa shape index (κ3) is 10.1. The SMILES string of the molecule is CC1C=CC(c2cnc(-c3cc(-c4ncc(-c5ccccc5)s4)cc4c3Cc3c(-c5ncc(-c6ccccc6)s5)cc(-n5c6ccc(-c7cccc(-c8ncc(-c9ccccc9)n8C)c7)cc6c6cc(-c7cccc(-c8ncc(-c9ccccc9)n8C)c7)ccc65)cc3-4)s2)=CC1. The number of fused-ring (bicyclic) bond motifs is 6. The van der Waals surface area contributed by atoms with Crippen molar-refractivity contribution in [2.45, 2.75) is 19.8 Å². The molecule has 0 saturated carbocycles. The van der Waals surface area contributed by atoms with E-state index in [2.05, 4.69) is 296 Å². The summed E-state index contributed by atoms with van der Waals surface area (Å²) in [4.78, 5) is 29.3. The Kier molecular flexibility index (Phi) is 14.2. The average molecular weight is 1290 g/mol. The summed E-state index contributed by atoms with van der Waals surface area (Å²) in [7, 11) is 4.21. The van der Waals surface area contributed by atoms with Crippen molar-refractivity contribution in [3.05, 3.63) is 296 Å². The fourth-order valence-corrected chi connectivity index (χ4v) is 17.0. The minimum Gasteiger partial charge on any atom is -0.327 e. The first kappa shape index (κ1) is 57.5. The summed E-state index contributed by atoms with van der Waals surface area (Å²) in [5.74, 6) is 2.34. The van der Waals surface area contributed by atoms with Gasteiger partial charge in [0.1, 0.15) is 26.7 Å². The van der Waals surface area contributed by atoms with E-state index in [4.69, 9.17) is 24.9 Å². The molecule has 0 spiro atoms. The lowest BCUT2D eigenvalue weighted by Crippen LogP contribution is -1.98.